The van der Waals surface area contributed by atoms with Gasteiger partial charge in [-0.3, -0.25) is 0 Å². The van der Waals surface area contributed by atoms with Crippen molar-refractivity contribution in [1.29, 1.82) is 0 Å². The summed E-state index contributed by atoms with van der Waals surface area (Å²) >= 11 is 0. The monoisotopic (exact) mass is 276 g/mol. The van der Waals surface area contributed by atoms with Crippen LogP contribution in [0.25, 0.3) is 0 Å². The number of aliphatic hydroxyl groups excluding tert-OH is 2. The molecule has 1 heterocycles. The van der Waals surface area contributed by atoms with Gasteiger partial charge in [0.15, 0.2) is 6.04 Å². The molecule has 0 spiro atoms. The number of aliphatic hydroxyl groups is 2. The van der Waals surface area contributed by atoms with E-state index < -0.39 is 36.4 Å². The second-order valence-corrected chi connectivity index (χ2v) is 5.09. The first-order valence-corrected chi connectivity index (χ1v) is 5.97. The molecule has 8 heteroatoms. The Morgan fingerprint density at radius 2 is 2.11 bits per heavy atom. The Kier molecular flexibility index (Phi) is 5.10. The molecule has 2 atom stereocenters. The number of aliphatic carboxylic acids is 1. The quantitative estimate of drug-likeness (QED) is 0.502. The van der Waals surface area contributed by atoms with E-state index in [0.29, 0.717) is 0 Å². The molecule has 4 N–H and O–H groups in total. The van der Waals surface area contributed by atoms with Crippen LogP contribution in [0.15, 0.2) is 0 Å². The van der Waals surface area contributed by atoms with E-state index in [0.717, 1.165) is 0 Å². The van der Waals surface area contributed by atoms with Gasteiger partial charge in [-0.25, -0.2) is 9.59 Å². The van der Waals surface area contributed by atoms with Gasteiger partial charge in [0.2, 0.25) is 0 Å². The average molecular weight is 276 g/mol. The number of carboxylic acids is 1. The number of urea groups is 1. The van der Waals surface area contributed by atoms with Crippen molar-refractivity contribution < 1.29 is 29.6 Å². The van der Waals surface area contributed by atoms with Crippen LogP contribution in [0.5, 0.6) is 0 Å². The lowest BCUT2D eigenvalue weighted by Crippen LogP contribution is -2.59. The molecule has 1 saturated heterocycles. The lowest BCUT2D eigenvalue weighted by Gasteiger charge is -2.42. The predicted molar refractivity (Wildman–Crippen MR) is 64.7 cm³/mol. The van der Waals surface area contributed by atoms with Crippen molar-refractivity contribution in [2.75, 3.05) is 26.3 Å². The molecule has 8 nitrogen and oxygen atoms in total. The van der Waals surface area contributed by atoms with E-state index in [4.69, 9.17) is 20.1 Å². The summed E-state index contributed by atoms with van der Waals surface area (Å²) in [5.74, 6) is -1.30. The Morgan fingerprint density at radius 3 is 2.58 bits per heavy atom. The van der Waals surface area contributed by atoms with E-state index in [-0.39, 0.29) is 19.7 Å². The summed E-state index contributed by atoms with van der Waals surface area (Å²) in [6.07, 6.45) is -0.507. The first-order chi connectivity index (χ1) is 8.79. The summed E-state index contributed by atoms with van der Waals surface area (Å²) in [4.78, 5) is 24.0. The van der Waals surface area contributed by atoms with E-state index in [1.165, 1.54) is 4.90 Å². The Hall–Kier alpha value is -1.38. The SMILES string of the molecule is CC1(C)CN(C(=O)N[C@@H](CO)C(=O)O)CC(CO)O1. The standard InChI is InChI=1S/C11H20N2O6/c1-11(2)6-13(3-7(4-14)19-11)10(18)12-8(5-15)9(16)17/h7-8,14-15H,3-6H2,1-2H3,(H,12,18)(H,16,17)/t7?,8-/m0/s1. The summed E-state index contributed by atoms with van der Waals surface area (Å²) in [7, 11) is 0. The molecule has 19 heavy (non-hydrogen) atoms. The number of hydrogen-bond donors (Lipinski definition) is 4. The number of carbonyl (C=O) groups excluding carboxylic acids is 1. The number of nitrogens with zero attached hydrogens (tertiary/aromatic N) is 1. The number of morpholine rings is 1. The molecule has 110 valence electrons. The zero-order chi connectivity index (χ0) is 14.6. The highest BCUT2D eigenvalue weighted by atomic mass is 16.5. The van der Waals surface area contributed by atoms with Crippen LogP contribution in [0.3, 0.4) is 0 Å². The first-order valence-electron chi connectivity index (χ1n) is 5.97. The summed E-state index contributed by atoms with van der Waals surface area (Å²) in [6, 6.07) is -1.94. The van der Waals surface area contributed by atoms with Crippen LogP contribution in [0.4, 0.5) is 4.79 Å². The molecule has 0 aromatic heterocycles. The Balaban J connectivity index is 2.67. The molecule has 0 aromatic rings. The largest absolute Gasteiger partial charge is 0.480 e. The van der Waals surface area contributed by atoms with Crippen molar-refractivity contribution in [1.82, 2.24) is 10.2 Å². The normalized spacial score (nSPS) is 23.8. The maximum Gasteiger partial charge on any atom is 0.328 e. The number of ether oxygens (including phenoxy) is 1. The lowest BCUT2D eigenvalue weighted by atomic mass is 10.1. The van der Waals surface area contributed by atoms with Crippen LogP contribution < -0.4 is 5.32 Å². The minimum Gasteiger partial charge on any atom is -0.480 e. The summed E-state index contributed by atoms with van der Waals surface area (Å²) in [5, 5.41) is 29.0. The third kappa shape index (κ3) is 4.34. The summed E-state index contributed by atoms with van der Waals surface area (Å²) in [6.45, 7) is 3.08. The van der Waals surface area contributed by atoms with Gasteiger partial charge in [-0.15, -0.1) is 0 Å². The van der Waals surface area contributed by atoms with Crippen LogP contribution >= 0.6 is 0 Å². The Bertz CT molecular complexity index is 346. The van der Waals surface area contributed by atoms with Crippen LogP contribution in [-0.2, 0) is 9.53 Å². The molecule has 0 bridgehead atoms. The zero-order valence-electron chi connectivity index (χ0n) is 11.0. The van der Waals surface area contributed by atoms with Crippen molar-refractivity contribution in [3.05, 3.63) is 0 Å². The zero-order valence-corrected chi connectivity index (χ0v) is 11.0. The van der Waals surface area contributed by atoms with Crippen LogP contribution in [0.1, 0.15) is 13.8 Å². The maximum absolute atomic E-state index is 11.9. The smallest absolute Gasteiger partial charge is 0.328 e. The highest BCUT2D eigenvalue weighted by molar-refractivity contribution is 5.82. The van der Waals surface area contributed by atoms with Crippen LogP contribution in [-0.4, -0.2) is 76.3 Å². The molecule has 1 rings (SSSR count). The summed E-state index contributed by atoms with van der Waals surface area (Å²) < 4.78 is 5.54. The van der Waals surface area contributed by atoms with Gasteiger partial charge >= 0.3 is 12.0 Å². The van der Waals surface area contributed by atoms with Gasteiger partial charge in [-0.05, 0) is 13.8 Å². The fourth-order valence-corrected chi connectivity index (χ4v) is 1.97. The highest BCUT2D eigenvalue weighted by Crippen LogP contribution is 2.20. The fraction of sp³-hybridized carbons (Fsp3) is 0.818. The van der Waals surface area contributed by atoms with Gasteiger partial charge < -0.3 is 30.3 Å². The molecule has 1 aliphatic rings. The number of nitrogens with one attached hydrogen (secondary N) is 1. The lowest BCUT2D eigenvalue weighted by molar-refractivity contribution is -0.142. The number of carbonyl (C=O) groups is 2. The van der Waals surface area contributed by atoms with Gasteiger partial charge in [-0.2, -0.15) is 0 Å². The Morgan fingerprint density at radius 1 is 1.47 bits per heavy atom. The molecule has 1 fully saturated rings. The van der Waals surface area contributed by atoms with Gasteiger partial charge in [0.25, 0.3) is 0 Å². The van der Waals surface area contributed by atoms with E-state index >= 15 is 0 Å². The second kappa shape index (κ2) is 6.18. The third-order valence-corrected chi connectivity index (χ3v) is 2.75. The molecule has 0 aromatic carbocycles. The molecule has 1 aliphatic heterocycles. The van der Waals surface area contributed by atoms with E-state index in [2.05, 4.69) is 5.32 Å². The van der Waals surface area contributed by atoms with Crippen LogP contribution in [0, 0.1) is 0 Å². The number of hydrogen-bond acceptors (Lipinski definition) is 5. The van der Waals surface area contributed by atoms with E-state index in [9.17, 15) is 9.59 Å². The minimum atomic E-state index is -1.34. The molecule has 0 aliphatic carbocycles. The average Bonchev–Trinajstić information content (AvgIpc) is 2.33. The Labute approximate surface area is 111 Å². The van der Waals surface area contributed by atoms with Crippen LogP contribution in [0.2, 0.25) is 0 Å². The highest BCUT2D eigenvalue weighted by Gasteiger charge is 2.36. The fourth-order valence-electron chi connectivity index (χ4n) is 1.97. The second-order valence-electron chi connectivity index (χ2n) is 5.09. The van der Waals surface area contributed by atoms with Crippen molar-refractivity contribution in [2.45, 2.75) is 31.6 Å². The predicted octanol–water partition coefficient (Wildman–Crippen LogP) is -1.39. The maximum atomic E-state index is 11.9. The molecular formula is C11H20N2O6. The summed E-state index contributed by atoms with van der Waals surface area (Å²) in [5.41, 5.74) is -0.624. The third-order valence-electron chi connectivity index (χ3n) is 2.75. The van der Waals surface area contributed by atoms with Crippen molar-refractivity contribution >= 4 is 12.0 Å². The molecule has 2 amide bonds. The number of amides is 2. The van der Waals surface area contributed by atoms with Gasteiger partial charge in [-0.1, -0.05) is 0 Å². The molecule has 0 saturated carbocycles. The molecule has 1 unspecified atom stereocenters. The topological polar surface area (TPSA) is 119 Å². The van der Waals surface area contributed by atoms with E-state index in [1.807, 2.05) is 0 Å². The van der Waals surface area contributed by atoms with Crippen molar-refractivity contribution in [2.24, 2.45) is 0 Å². The minimum absolute atomic E-state index is 0.170. The van der Waals surface area contributed by atoms with Gasteiger partial charge in [0, 0.05) is 0 Å². The number of carboxylic acid groups (broad SMARTS) is 1. The molecule has 0 radical (unpaired) electrons. The number of rotatable bonds is 4. The van der Waals surface area contributed by atoms with Gasteiger partial charge in [0.1, 0.15) is 0 Å². The van der Waals surface area contributed by atoms with Crippen molar-refractivity contribution in [3.8, 4) is 0 Å². The molecular weight excluding hydrogens is 256 g/mol. The van der Waals surface area contributed by atoms with Crippen molar-refractivity contribution in [3.63, 3.8) is 0 Å². The first kappa shape index (κ1) is 15.7. The van der Waals surface area contributed by atoms with Gasteiger partial charge in [0.05, 0.1) is 38.0 Å². The van der Waals surface area contributed by atoms with E-state index in [1.54, 1.807) is 13.8 Å².